The van der Waals surface area contributed by atoms with Crippen LogP contribution in [0.15, 0.2) is 69.6 Å². The van der Waals surface area contributed by atoms with E-state index in [0.717, 1.165) is 16.3 Å². The Hall–Kier alpha value is -3.15. The van der Waals surface area contributed by atoms with E-state index in [2.05, 4.69) is 0 Å². The van der Waals surface area contributed by atoms with E-state index in [1.807, 2.05) is 79.8 Å². The van der Waals surface area contributed by atoms with Crippen LogP contribution in [0.4, 0.5) is 0 Å². The average Bonchev–Trinajstić information content (AvgIpc) is 3.24. The highest BCUT2D eigenvalue weighted by Crippen LogP contribution is 2.40. The normalized spacial score (nSPS) is 15.2. The van der Waals surface area contributed by atoms with Crippen LogP contribution >= 0.6 is 45.5 Å². The first-order chi connectivity index (χ1) is 19.2. The monoisotopic (exact) mass is 687 g/mol. The molecule has 0 saturated carbocycles. The van der Waals surface area contributed by atoms with Crippen LogP contribution in [0, 0.1) is 3.57 Å². The summed E-state index contributed by atoms with van der Waals surface area (Å²) >= 11 is 9.46. The van der Waals surface area contributed by atoms with Gasteiger partial charge in [-0.05, 0) is 78.4 Å². The van der Waals surface area contributed by atoms with E-state index < -0.39 is 6.04 Å². The molecule has 40 heavy (non-hydrogen) atoms. The molecule has 0 unspecified atom stereocenters. The zero-order chi connectivity index (χ0) is 28.7. The third-order valence-corrected chi connectivity index (χ3v) is 9.09. The summed E-state index contributed by atoms with van der Waals surface area (Å²) in [6.45, 7) is 6.70. The SMILES string of the molecule is CCN(CC)C(=O)C1=C(C)N=c2s/c(=C/c3cc(Cl)cc(I)c3O)c(=O)n2[C@@H]1c1c(OC)ccc2ccccc12. The number of nitrogens with zero attached hydrogens (tertiary/aromatic N) is 3. The largest absolute Gasteiger partial charge is 0.506 e. The molecule has 2 heterocycles. The molecule has 3 aromatic carbocycles. The second-order valence-corrected chi connectivity index (χ2v) is 11.9. The van der Waals surface area contributed by atoms with Crippen LogP contribution < -0.4 is 19.6 Å². The smallest absolute Gasteiger partial charge is 0.271 e. The average molecular weight is 688 g/mol. The molecule has 7 nitrogen and oxygen atoms in total. The number of ether oxygens (including phenoxy) is 1. The molecule has 0 saturated heterocycles. The van der Waals surface area contributed by atoms with Gasteiger partial charge in [0, 0.05) is 29.2 Å². The number of likely N-dealkylation sites (N-methyl/N-ethyl adjacent to an activating group) is 1. The number of carbonyl (C=O) groups is 1. The van der Waals surface area contributed by atoms with Crippen LogP contribution in [-0.2, 0) is 4.79 Å². The Bertz CT molecular complexity index is 1870. The summed E-state index contributed by atoms with van der Waals surface area (Å²) in [7, 11) is 1.59. The number of carbonyl (C=O) groups excluding carboxylic acids is 1. The number of amides is 1. The molecule has 1 N–H and O–H groups in total. The number of methoxy groups -OCH3 is 1. The highest BCUT2D eigenvalue weighted by molar-refractivity contribution is 14.1. The number of phenolic OH excluding ortho intramolecular Hbond substituents is 1. The fraction of sp³-hybridized carbons (Fsp3) is 0.233. The van der Waals surface area contributed by atoms with Crippen molar-refractivity contribution in [2.45, 2.75) is 26.8 Å². The van der Waals surface area contributed by atoms with Crippen molar-refractivity contribution in [3.8, 4) is 11.5 Å². The Kier molecular flexibility index (Phi) is 8.08. The van der Waals surface area contributed by atoms with E-state index in [4.69, 9.17) is 21.3 Å². The number of hydrogen-bond donors (Lipinski definition) is 1. The molecule has 1 amide bonds. The number of halogens is 2. The topological polar surface area (TPSA) is 84.1 Å². The van der Waals surface area contributed by atoms with Gasteiger partial charge in [0.1, 0.15) is 17.5 Å². The molecule has 206 valence electrons. The van der Waals surface area contributed by atoms with Gasteiger partial charge in [0.05, 0.1) is 26.5 Å². The maximum atomic E-state index is 14.2. The Labute approximate surface area is 253 Å². The summed E-state index contributed by atoms with van der Waals surface area (Å²) in [5.41, 5.74) is 1.80. The molecule has 1 aromatic heterocycles. The summed E-state index contributed by atoms with van der Waals surface area (Å²) in [6, 6.07) is 14.2. The van der Waals surface area contributed by atoms with Crippen molar-refractivity contribution in [3.05, 3.63) is 99.2 Å². The van der Waals surface area contributed by atoms with Gasteiger partial charge in [0.15, 0.2) is 4.80 Å². The summed E-state index contributed by atoms with van der Waals surface area (Å²) in [5, 5.41) is 13.0. The van der Waals surface area contributed by atoms with Crippen LogP contribution in [0.25, 0.3) is 16.8 Å². The highest BCUT2D eigenvalue weighted by Gasteiger charge is 2.36. The van der Waals surface area contributed by atoms with Gasteiger partial charge >= 0.3 is 0 Å². The van der Waals surface area contributed by atoms with Gasteiger partial charge in [0.25, 0.3) is 11.5 Å². The Morgan fingerprint density at radius 1 is 1.23 bits per heavy atom. The minimum Gasteiger partial charge on any atom is -0.506 e. The zero-order valence-electron chi connectivity index (χ0n) is 22.4. The molecule has 0 fully saturated rings. The minimum absolute atomic E-state index is 0.0386. The number of phenols is 1. The van der Waals surface area contributed by atoms with Crippen LogP contribution in [0.2, 0.25) is 5.02 Å². The Balaban J connectivity index is 1.87. The first kappa shape index (κ1) is 28.4. The third-order valence-electron chi connectivity index (χ3n) is 7.07. The quantitative estimate of drug-likeness (QED) is 0.282. The number of thiazole rings is 1. The van der Waals surface area contributed by atoms with Crippen molar-refractivity contribution in [2.75, 3.05) is 20.2 Å². The predicted octanol–water partition coefficient (Wildman–Crippen LogP) is 5.23. The number of rotatable bonds is 6. The summed E-state index contributed by atoms with van der Waals surface area (Å²) in [6.07, 6.45) is 1.62. The van der Waals surface area contributed by atoms with E-state index in [9.17, 15) is 14.7 Å². The van der Waals surface area contributed by atoms with Crippen LogP contribution in [0.3, 0.4) is 0 Å². The molecule has 0 bridgehead atoms. The number of benzene rings is 3. The standard InChI is InChI=1S/C30H27ClIN3O4S/c1-5-34(6-2)29(38)24-16(3)33-30-35(26(24)25-20-10-8-7-9-17(20)11-12-22(25)39-4)28(37)23(40-30)14-18-13-19(31)15-21(32)27(18)36/h7-15,26,36H,5-6H2,1-4H3/b23-14+/t26-/m0/s1. The first-order valence-electron chi connectivity index (χ1n) is 12.8. The Morgan fingerprint density at radius 3 is 2.65 bits per heavy atom. The van der Waals surface area contributed by atoms with Gasteiger partial charge in [-0.25, -0.2) is 4.99 Å². The second-order valence-electron chi connectivity index (χ2n) is 9.29. The van der Waals surface area contributed by atoms with Crippen molar-refractivity contribution in [1.82, 2.24) is 9.47 Å². The van der Waals surface area contributed by atoms with Crippen LogP contribution in [0.5, 0.6) is 11.5 Å². The molecule has 1 aliphatic heterocycles. The van der Waals surface area contributed by atoms with Gasteiger partial charge in [-0.2, -0.15) is 0 Å². The van der Waals surface area contributed by atoms with Crippen molar-refractivity contribution >= 4 is 68.3 Å². The van der Waals surface area contributed by atoms with E-state index in [-0.39, 0.29) is 17.2 Å². The molecule has 0 spiro atoms. The number of hydrogen-bond acceptors (Lipinski definition) is 6. The van der Waals surface area contributed by atoms with Crippen molar-refractivity contribution in [3.63, 3.8) is 0 Å². The molecular formula is C30H27ClIN3O4S. The maximum Gasteiger partial charge on any atom is 0.271 e. The third kappa shape index (κ3) is 4.84. The molecule has 1 aliphatic rings. The molecule has 5 rings (SSSR count). The lowest BCUT2D eigenvalue weighted by Crippen LogP contribution is -2.43. The van der Waals surface area contributed by atoms with Gasteiger partial charge in [-0.3, -0.25) is 14.2 Å². The van der Waals surface area contributed by atoms with Crippen LogP contribution in [0.1, 0.15) is 37.9 Å². The molecule has 10 heteroatoms. The molecule has 1 atom stereocenters. The highest BCUT2D eigenvalue weighted by atomic mass is 127. The maximum absolute atomic E-state index is 14.2. The summed E-state index contributed by atoms with van der Waals surface area (Å²) in [5.74, 6) is 0.430. The molecule has 0 radical (unpaired) electrons. The first-order valence-corrected chi connectivity index (χ1v) is 15.0. The fourth-order valence-electron chi connectivity index (χ4n) is 5.12. The summed E-state index contributed by atoms with van der Waals surface area (Å²) < 4.78 is 8.35. The van der Waals surface area contributed by atoms with Crippen LogP contribution in [-0.4, -0.2) is 40.7 Å². The fourth-order valence-corrected chi connectivity index (χ4v) is 7.22. The molecule has 0 aliphatic carbocycles. The van der Waals surface area contributed by atoms with E-state index >= 15 is 0 Å². The summed E-state index contributed by atoms with van der Waals surface area (Å²) in [4.78, 5) is 35.2. The van der Waals surface area contributed by atoms with Crippen molar-refractivity contribution < 1.29 is 14.6 Å². The number of aromatic nitrogens is 1. The van der Waals surface area contributed by atoms with E-state index in [1.54, 1.807) is 34.8 Å². The lowest BCUT2D eigenvalue weighted by molar-refractivity contribution is -0.127. The van der Waals surface area contributed by atoms with E-state index in [0.29, 0.717) is 53.6 Å². The number of allylic oxidation sites excluding steroid dienone is 1. The van der Waals surface area contributed by atoms with Crippen molar-refractivity contribution in [2.24, 2.45) is 4.99 Å². The number of aromatic hydroxyl groups is 1. The Morgan fingerprint density at radius 2 is 1.95 bits per heavy atom. The zero-order valence-corrected chi connectivity index (χ0v) is 26.1. The van der Waals surface area contributed by atoms with Gasteiger partial charge in [-0.15, -0.1) is 0 Å². The van der Waals surface area contributed by atoms with Gasteiger partial charge in [0.2, 0.25) is 0 Å². The van der Waals surface area contributed by atoms with Crippen molar-refractivity contribution in [1.29, 1.82) is 0 Å². The number of fused-ring (bicyclic) bond motifs is 2. The predicted molar refractivity (Wildman–Crippen MR) is 168 cm³/mol. The van der Waals surface area contributed by atoms with E-state index in [1.165, 1.54) is 11.3 Å². The minimum atomic E-state index is -0.777. The molecule has 4 aromatic rings. The lowest BCUT2D eigenvalue weighted by atomic mass is 9.90. The van der Waals surface area contributed by atoms with Gasteiger partial charge in [-0.1, -0.05) is 53.3 Å². The lowest BCUT2D eigenvalue weighted by Gasteiger charge is -2.30. The second kappa shape index (κ2) is 11.4. The molecular weight excluding hydrogens is 661 g/mol. The van der Waals surface area contributed by atoms with Gasteiger partial charge < -0.3 is 14.7 Å².